The van der Waals surface area contributed by atoms with Crippen LogP contribution in [0.5, 0.6) is 0 Å². The number of carboxylic acids is 1. The molecule has 3 aromatic rings. The maximum atomic E-state index is 10.8. The molecule has 0 radical (unpaired) electrons. The third kappa shape index (κ3) is 3.57. The summed E-state index contributed by atoms with van der Waals surface area (Å²) in [6, 6.07) is 11.9. The van der Waals surface area contributed by atoms with Crippen molar-refractivity contribution in [3.63, 3.8) is 0 Å². The second kappa shape index (κ2) is 6.89. The number of carbonyl (C=O) groups is 1. The molecule has 0 spiro atoms. The smallest absolute Gasteiger partial charge is 0.303 e. The minimum atomic E-state index is -0.832. The van der Waals surface area contributed by atoms with E-state index in [9.17, 15) is 4.79 Å². The largest absolute Gasteiger partial charge is 0.481 e. The lowest BCUT2D eigenvalue weighted by Crippen LogP contribution is -2.10. The van der Waals surface area contributed by atoms with Crippen LogP contribution in [0.3, 0.4) is 0 Å². The minimum absolute atomic E-state index is 0.0464. The van der Waals surface area contributed by atoms with Gasteiger partial charge in [-0.3, -0.25) is 4.79 Å². The van der Waals surface area contributed by atoms with Gasteiger partial charge in [-0.2, -0.15) is 5.10 Å². The van der Waals surface area contributed by atoms with Gasteiger partial charge < -0.3 is 9.67 Å². The zero-order chi connectivity index (χ0) is 16.2. The number of aromatic nitrogens is 1. The van der Waals surface area contributed by atoms with Crippen molar-refractivity contribution < 1.29 is 9.90 Å². The first-order chi connectivity index (χ1) is 11.1. The number of aryl methyl sites for hydroxylation is 1. The van der Waals surface area contributed by atoms with Crippen molar-refractivity contribution in [3.05, 3.63) is 51.5 Å². The highest BCUT2D eigenvalue weighted by molar-refractivity contribution is 7.16. The van der Waals surface area contributed by atoms with Crippen LogP contribution in [0.25, 0.3) is 10.2 Å². The molecule has 0 atom stereocenters. The van der Waals surface area contributed by atoms with Crippen LogP contribution in [0.1, 0.15) is 17.7 Å². The summed E-state index contributed by atoms with van der Waals surface area (Å²) in [6.07, 6.45) is 0.415. The lowest BCUT2D eigenvalue weighted by molar-refractivity contribution is -0.136. The normalized spacial score (nSPS) is 12.9. The fraction of sp³-hybridized carbons (Fsp3) is 0.188. The van der Waals surface area contributed by atoms with E-state index >= 15 is 0 Å². The Morgan fingerprint density at radius 3 is 2.74 bits per heavy atom. The molecule has 0 saturated carbocycles. The van der Waals surface area contributed by atoms with E-state index in [0.717, 1.165) is 19.9 Å². The quantitative estimate of drug-likeness (QED) is 0.568. The second-order valence-corrected chi connectivity index (χ2v) is 6.89. The van der Waals surface area contributed by atoms with Crippen LogP contribution in [-0.2, 0) is 11.8 Å². The first-order valence-corrected chi connectivity index (χ1v) is 8.75. The van der Waals surface area contributed by atoms with Gasteiger partial charge in [0.05, 0.1) is 27.2 Å². The predicted octanol–water partition coefficient (Wildman–Crippen LogP) is 3.47. The van der Waals surface area contributed by atoms with Gasteiger partial charge in [-0.15, -0.1) is 16.4 Å². The van der Waals surface area contributed by atoms with Gasteiger partial charge in [0.15, 0.2) is 0 Å². The summed E-state index contributed by atoms with van der Waals surface area (Å²) >= 11 is 3.10. The van der Waals surface area contributed by atoms with Gasteiger partial charge in [0.2, 0.25) is 4.80 Å². The van der Waals surface area contributed by atoms with Gasteiger partial charge in [0.25, 0.3) is 0 Å². The fourth-order valence-electron chi connectivity index (χ4n) is 2.17. The Labute approximate surface area is 140 Å². The summed E-state index contributed by atoms with van der Waals surface area (Å²) in [5.41, 5.74) is 1.81. The van der Waals surface area contributed by atoms with E-state index in [4.69, 9.17) is 5.11 Å². The molecule has 5 nitrogen and oxygen atoms in total. The van der Waals surface area contributed by atoms with Gasteiger partial charge in [0, 0.05) is 13.5 Å². The summed E-state index contributed by atoms with van der Waals surface area (Å²) < 4.78 is 3.14. The topological polar surface area (TPSA) is 67.0 Å². The van der Waals surface area contributed by atoms with Crippen LogP contribution in [0, 0.1) is 0 Å². The zero-order valence-electron chi connectivity index (χ0n) is 12.5. The van der Waals surface area contributed by atoms with Crippen molar-refractivity contribution in [3.8, 4) is 0 Å². The van der Waals surface area contributed by atoms with Crippen molar-refractivity contribution in [2.45, 2.75) is 12.8 Å². The molecule has 0 aliphatic rings. The second-order valence-electron chi connectivity index (χ2n) is 4.93. The zero-order valence-corrected chi connectivity index (χ0v) is 14.1. The highest BCUT2D eigenvalue weighted by Crippen LogP contribution is 2.16. The Morgan fingerprint density at radius 1 is 1.22 bits per heavy atom. The van der Waals surface area contributed by atoms with Crippen LogP contribution in [0.2, 0.25) is 0 Å². The highest BCUT2D eigenvalue weighted by atomic mass is 32.1. The molecule has 7 heteroatoms. The van der Waals surface area contributed by atoms with E-state index in [1.165, 1.54) is 11.3 Å². The third-order valence-corrected chi connectivity index (χ3v) is 5.37. The molecule has 23 heavy (non-hydrogen) atoms. The molecule has 2 aromatic heterocycles. The first kappa shape index (κ1) is 15.6. The van der Waals surface area contributed by atoms with E-state index in [0.29, 0.717) is 12.1 Å². The number of hydrogen-bond acceptors (Lipinski definition) is 5. The van der Waals surface area contributed by atoms with Crippen molar-refractivity contribution in [2.75, 3.05) is 0 Å². The Balaban J connectivity index is 2.01. The number of fused-ring (bicyclic) bond motifs is 1. The van der Waals surface area contributed by atoms with Crippen molar-refractivity contribution >= 4 is 44.6 Å². The summed E-state index contributed by atoms with van der Waals surface area (Å²) in [7, 11) is 1.95. The van der Waals surface area contributed by atoms with Gasteiger partial charge in [-0.1, -0.05) is 29.5 Å². The summed E-state index contributed by atoms with van der Waals surface area (Å²) in [4.78, 5) is 12.6. The number of thiophene rings is 1. The summed E-state index contributed by atoms with van der Waals surface area (Å²) in [5, 5.41) is 19.6. The van der Waals surface area contributed by atoms with E-state index in [2.05, 4.69) is 10.2 Å². The SMILES string of the molecule is Cn1c(=NN=C(CCC(=O)O)c2cccs2)sc2ccccc21. The van der Waals surface area contributed by atoms with E-state index in [-0.39, 0.29) is 6.42 Å². The molecule has 3 rings (SSSR count). The molecule has 1 N–H and O–H groups in total. The number of nitrogens with zero attached hydrogens (tertiary/aromatic N) is 3. The Morgan fingerprint density at radius 2 is 2.04 bits per heavy atom. The van der Waals surface area contributed by atoms with Gasteiger partial charge in [-0.05, 0) is 23.6 Å². The monoisotopic (exact) mass is 345 g/mol. The van der Waals surface area contributed by atoms with Gasteiger partial charge in [0.1, 0.15) is 0 Å². The highest BCUT2D eigenvalue weighted by Gasteiger charge is 2.08. The lowest BCUT2D eigenvalue weighted by atomic mass is 10.2. The molecular formula is C16H15N3O2S2. The molecule has 0 unspecified atom stereocenters. The number of rotatable bonds is 5. The maximum absolute atomic E-state index is 10.8. The molecular weight excluding hydrogens is 330 g/mol. The van der Waals surface area contributed by atoms with E-state index in [1.807, 2.05) is 53.4 Å². The van der Waals surface area contributed by atoms with Crippen molar-refractivity contribution in [1.29, 1.82) is 0 Å². The number of para-hydroxylation sites is 1. The first-order valence-electron chi connectivity index (χ1n) is 7.06. The van der Waals surface area contributed by atoms with Crippen LogP contribution in [0.15, 0.2) is 52.0 Å². The van der Waals surface area contributed by atoms with Crippen molar-refractivity contribution in [1.82, 2.24) is 4.57 Å². The molecule has 0 fully saturated rings. The summed E-state index contributed by atoms with van der Waals surface area (Å²) in [6.45, 7) is 0. The molecule has 0 aliphatic heterocycles. The number of hydrogen-bond donors (Lipinski definition) is 1. The van der Waals surface area contributed by atoms with Crippen LogP contribution in [0.4, 0.5) is 0 Å². The fourth-order valence-corrected chi connectivity index (χ4v) is 3.88. The molecule has 0 aliphatic carbocycles. The average Bonchev–Trinajstić information content (AvgIpc) is 3.17. The van der Waals surface area contributed by atoms with Crippen LogP contribution >= 0.6 is 22.7 Å². The molecule has 2 heterocycles. The van der Waals surface area contributed by atoms with Crippen LogP contribution in [-0.4, -0.2) is 21.4 Å². The number of thiazole rings is 1. The lowest BCUT2D eigenvalue weighted by Gasteiger charge is -1.99. The van der Waals surface area contributed by atoms with Gasteiger partial charge in [-0.25, -0.2) is 0 Å². The number of carboxylic acid groups (broad SMARTS) is 1. The number of aliphatic carboxylic acids is 1. The molecule has 118 valence electrons. The molecule has 0 amide bonds. The predicted molar refractivity (Wildman–Crippen MR) is 94.1 cm³/mol. The summed E-state index contributed by atoms with van der Waals surface area (Å²) in [5.74, 6) is -0.832. The molecule has 0 saturated heterocycles. The van der Waals surface area contributed by atoms with Crippen molar-refractivity contribution in [2.24, 2.45) is 17.3 Å². The van der Waals surface area contributed by atoms with Gasteiger partial charge >= 0.3 is 5.97 Å². The Kier molecular flexibility index (Phi) is 4.68. The van der Waals surface area contributed by atoms with E-state index < -0.39 is 5.97 Å². The third-order valence-electron chi connectivity index (χ3n) is 3.35. The maximum Gasteiger partial charge on any atom is 0.303 e. The number of benzene rings is 1. The standard InChI is InChI=1S/C16H15N3O2S2/c1-19-12-5-2-3-6-14(12)23-16(19)18-17-11(8-9-15(20)21)13-7-4-10-22-13/h2-7,10H,8-9H2,1H3,(H,20,21). The molecule has 0 bridgehead atoms. The Hall–Kier alpha value is -2.25. The Bertz CT molecular complexity index is 920. The van der Waals surface area contributed by atoms with E-state index in [1.54, 1.807) is 11.3 Å². The minimum Gasteiger partial charge on any atom is -0.481 e. The van der Waals surface area contributed by atoms with Crippen LogP contribution < -0.4 is 4.80 Å². The average molecular weight is 345 g/mol. The molecule has 1 aromatic carbocycles.